The second-order valence-corrected chi connectivity index (χ2v) is 7.12. The van der Waals surface area contributed by atoms with E-state index in [4.69, 9.17) is 4.74 Å². The van der Waals surface area contributed by atoms with E-state index in [1.807, 2.05) is 67.6 Å². The predicted octanol–water partition coefficient (Wildman–Crippen LogP) is 3.50. The molecule has 0 aromatic heterocycles. The van der Waals surface area contributed by atoms with Gasteiger partial charge in [-0.3, -0.25) is 4.79 Å². The first-order valence-electron chi connectivity index (χ1n) is 9.31. The third-order valence-electron chi connectivity index (χ3n) is 5.15. The second kappa shape index (κ2) is 7.05. The molecule has 0 saturated heterocycles. The molecule has 0 bridgehead atoms. The van der Waals surface area contributed by atoms with Crippen LogP contribution < -0.4 is 10.1 Å². The van der Waals surface area contributed by atoms with Crippen LogP contribution in [0.2, 0.25) is 0 Å². The Morgan fingerprint density at radius 2 is 1.70 bits per heavy atom. The Balaban J connectivity index is 1.58. The highest BCUT2D eigenvalue weighted by Crippen LogP contribution is 2.31. The van der Waals surface area contributed by atoms with E-state index in [2.05, 4.69) is 5.32 Å². The highest BCUT2D eigenvalue weighted by Gasteiger charge is 2.35. The number of hydrogen-bond acceptors (Lipinski definition) is 3. The fourth-order valence-electron chi connectivity index (χ4n) is 3.89. The fraction of sp³-hybridized carbons (Fsp3) is 0.261. The van der Waals surface area contributed by atoms with Crippen LogP contribution in [0.15, 0.2) is 60.7 Å². The van der Waals surface area contributed by atoms with Crippen LogP contribution in [-0.2, 0) is 12.8 Å². The molecule has 27 heavy (non-hydrogen) atoms. The maximum atomic E-state index is 13.0. The van der Waals surface area contributed by atoms with E-state index in [1.54, 1.807) is 0 Å². The van der Waals surface area contributed by atoms with Crippen molar-refractivity contribution < 1.29 is 14.6 Å². The SMILES string of the molecule is CCOc1ccc2ccccc2c1C(=O)NCC1(O)Cc2ccccc2C1. The molecule has 0 fully saturated rings. The number of carbonyl (C=O) groups excluding carboxylic acids is 1. The summed E-state index contributed by atoms with van der Waals surface area (Å²) in [5, 5.41) is 15.7. The van der Waals surface area contributed by atoms with Crippen LogP contribution in [0, 0.1) is 0 Å². The molecule has 0 spiro atoms. The number of carbonyl (C=O) groups is 1. The summed E-state index contributed by atoms with van der Waals surface area (Å²) < 4.78 is 5.69. The summed E-state index contributed by atoms with van der Waals surface area (Å²) in [6.07, 6.45) is 1.11. The zero-order valence-electron chi connectivity index (χ0n) is 15.4. The maximum absolute atomic E-state index is 13.0. The standard InChI is InChI=1S/C23H23NO3/c1-2-27-20-12-11-16-7-5-6-10-19(16)21(20)22(25)24-15-23(26)13-17-8-3-4-9-18(17)14-23/h3-12,26H,2,13-15H2,1H3,(H,24,25). The Morgan fingerprint density at radius 3 is 2.41 bits per heavy atom. The summed E-state index contributed by atoms with van der Waals surface area (Å²) in [6.45, 7) is 2.59. The van der Waals surface area contributed by atoms with E-state index in [1.165, 1.54) is 0 Å². The molecule has 1 aliphatic carbocycles. The Kier molecular flexibility index (Phi) is 4.58. The Morgan fingerprint density at radius 1 is 1.04 bits per heavy atom. The molecule has 2 N–H and O–H groups in total. The van der Waals surface area contributed by atoms with E-state index in [9.17, 15) is 9.90 Å². The molecule has 0 atom stereocenters. The van der Waals surface area contributed by atoms with Crippen molar-refractivity contribution in [2.24, 2.45) is 0 Å². The second-order valence-electron chi connectivity index (χ2n) is 7.12. The molecule has 1 aliphatic rings. The van der Waals surface area contributed by atoms with Crippen molar-refractivity contribution in [3.05, 3.63) is 77.4 Å². The molecule has 3 aromatic rings. The lowest BCUT2D eigenvalue weighted by molar-refractivity contribution is 0.0479. The zero-order chi connectivity index (χ0) is 18.9. The zero-order valence-corrected chi connectivity index (χ0v) is 15.4. The minimum absolute atomic E-state index is 0.204. The molecule has 138 valence electrons. The van der Waals surface area contributed by atoms with Crippen molar-refractivity contribution in [2.45, 2.75) is 25.4 Å². The van der Waals surface area contributed by atoms with Crippen molar-refractivity contribution in [1.82, 2.24) is 5.32 Å². The van der Waals surface area contributed by atoms with Gasteiger partial charge in [0.1, 0.15) is 5.75 Å². The molecule has 4 heteroatoms. The molecule has 4 rings (SSSR count). The van der Waals surface area contributed by atoms with Crippen molar-refractivity contribution in [3.63, 3.8) is 0 Å². The van der Waals surface area contributed by atoms with Gasteiger partial charge in [-0.1, -0.05) is 54.6 Å². The molecular formula is C23H23NO3. The Hall–Kier alpha value is -2.85. The molecule has 3 aromatic carbocycles. The topological polar surface area (TPSA) is 58.6 Å². The molecule has 0 heterocycles. The minimum Gasteiger partial charge on any atom is -0.493 e. The summed E-state index contributed by atoms with van der Waals surface area (Å²) in [7, 11) is 0. The molecule has 4 nitrogen and oxygen atoms in total. The first-order chi connectivity index (χ1) is 13.1. The number of ether oxygens (including phenoxy) is 1. The number of hydrogen-bond donors (Lipinski definition) is 2. The van der Waals surface area contributed by atoms with Gasteiger partial charge in [0.25, 0.3) is 5.91 Å². The third-order valence-corrected chi connectivity index (χ3v) is 5.15. The Bertz CT molecular complexity index is 971. The molecule has 0 radical (unpaired) electrons. The van der Waals surface area contributed by atoms with Gasteiger partial charge < -0.3 is 15.2 Å². The number of aliphatic hydroxyl groups is 1. The largest absolute Gasteiger partial charge is 0.493 e. The average Bonchev–Trinajstić information content (AvgIpc) is 3.03. The van der Waals surface area contributed by atoms with Crippen molar-refractivity contribution in [1.29, 1.82) is 0 Å². The van der Waals surface area contributed by atoms with Crippen molar-refractivity contribution in [3.8, 4) is 5.75 Å². The summed E-state index contributed by atoms with van der Waals surface area (Å²) in [5.41, 5.74) is 1.87. The molecular weight excluding hydrogens is 338 g/mol. The molecule has 0 saturated carbocycles. The van der Waals surface area contributed by atoms with Crippen LogP contribution in [0.1, 0.15) is 28.4 Å². The van der Waals surface area contributed by atoms with Gasteiger partial charge in [-0.05, 0) is 34.9 Å². The smallest absolute Gasteiger partial charge is 0.255 e. The van der Waals surface area contributed by atoms with E-state index >= 15 is 0 Å². The van der Waals surface area contributed by atoms with Crippen LogP contribution >= 0.6 is 0 Å². The number of nitrogens with one attached hydrogen (secondary N) is 1. The van der Waals surface area contributed by atoms with E-state index < -0.39 is 5.60 Å². The van der Waals surface area contributed by atoms with Crippen LogP contribution in [0.25, 0.3) is 10.8 Å². The van der Waals surface area contributed by atoms with Gasteiger partial charge in [0.2, 0.25) is 0 Å². The maximum Gasteiger partial charge on any atom is 0.255 e. The number of amides is 1. The quantitative estimate of drug-likeness (QED) is 0.731. The van der Waals surface area contributed by atoms with E-state index in [0.717, 1.165) is 21.9 Å². The summed E-state index contributed by atoms with van der Waals surface area (Å²) >= 11 is 0. The number of fused-ring (bicyclic) bond motifs is 2. The average molecular weight is 361 g/mol. The highest BCUT2D eigenvalue weighted by atomic mass is 16.5. The van der Waals surface area contributed by atoms with Crippen LogP contribution in [0.4, 0.5) is 0 Å². The first-order valence-corrected chi connectivity index (χ1v) is 9.31. The highest BCUT2D eigenvalue weighted by molar-refractivity contribution is 6.09. The number of rotatable bonds is 5. The van der Waals surface area contributed by atoms with Gasteiger partial charge >= 0.3 is 0 Å². The molecule has 0 unspecified atom stereocenters. The van der Waals surface area contributed by atoms with Gasteiger partial charge in [0.15, 0.2) is 0 Å². The Labute approximate surface area is 158 Å². The first kappa shape index (κ1) is 17.6. The molecule has 1 amide bonds. The minimum atomic E-state index is -0.949. The van der Waals surface area contributed by atoms with Crippen LogP contribution in [0.3, 0.4) is 0 Å². The lowest BCUT2D eigenvalue weighted by atomic mass is 9.99. The van der Waals surface area contributed by atoms with Gasteiger partial charge in [-0.2, -0.15) is 0 Å². The molecule has 0 aliphatic heterocycles. The van der Waals surface area contributed by atoms with Gasteiger partial charge in [0, 0.05) is 19.4 Å². The van der Waals surface area contributed by atoms with Crippen LogP contribution in [0.5, 0.6) is 5.75 Å². The van der Waals surface area contributed by atoms with Crippen molar-refractivity contribution >= 4 is 16.7 Å². The summed E-state index contributed by atoms with van der Waals surface area (Å²) in [4.78, 5) is 13.0. The normalized spacial score (nSPS) is 14.7. The summed E-state index contributed by atoms with van der Waals surface area (Å²) in [6, 6.07) is 19.6. The van der Waals surface area contributed by atoms with Gasteiger partial charge in [-0.25, -0.2) is 0 Å². The van der Waals surface area contributed by atoms with Gasteiger partial charge in [0.05, 0.1) is 17.8 Å². The lowest BCUT2D eigenvalue weighted by Crippen LogP contribution is -2.43. The lowest BCUT2D eigenvalue weighted by Gasteiger charge is -2.23. The number of benzene rings is 3. The van der Waals surface area contributed by atoms with E-state index in [-0.39, 0.29) is 12.5 Å². The monoisotopic (exact) mass is 361 g/mol. The fourth-order valence-corrected chi connectivity index (χ4v) is 3.89. The van der Waals surface area contributed by atoms with Crippen molar-refractivity contribution in [2.75, 3.05) is 13.2 Å². The van der Waals surface area contributed by atoms with Crippen LogP contribution in [-0.4, -0.2) is 29.8 Å². The predicted molar refractivity (Wildman–Crippen MR) is 106 cm³/mol. The van der Waals surface area contributed by atoms with E-state index in [0.29, 0.717) is 30.8 Å². The third kappa shape index (κ3) is 3.40. The summed E-state index contributed by atoms with van der Waals surface area (Å²) in [5.74, 6) is 0.343. The van der Waals surface area contributed by atoms with Gasteiger partial charge in [-0.15, -0.1) is 0 Å².